The number of rotatable bonds is 1. The lowest BCUT2D eigenvalue weighted by molar-refractivity contribution is 0.571. The molecule has 3 nitrogen and oxygen atoms in total. The Labute approximate surface area is 103 Å². The second-order valence-electron chi connectivity index (χ2n) is 3.75. The van der Waals surface area contributed by atoms with Crippen LogP contribution in [0.3, 0.4) is 0 Å². The van der Waals surface area contributed by atoms with E-state index >= 15 is 0 Å². The monoisotopic (exact) mass is 253 g/mol. The molecule has 1 fully saturated rings. The van der Waals surface area contributed by atoms with Crippen LogP contribution in [0.15, 0.2) is 12.1 Å². The van der Waals surface area contributed by atoms with E-state index in [1.165, 1.54) is 4.90 Å². The number of nitrogens with zero attached hydrogens (tertiary/aromatic N) is 3. The second-order valence-corrected chi connectivity index (χ2v) is 4.12. The van der Waals surface area contributed by atoms with E-state index in [9.17, 15) is 8.78 Å². The fraction of sp³-hybridized carbons (Fsp3) is 0.273. The Morgan fingerprint density at radius 3 is 2.53 bits per heavy atom. The highest BCUT2D eigenvalue weighted by atomic mass is 32.1. The van der Waals surface area contributed by atoms with Gasteiger partial charge in [-0.15, -0.1) is 0 Å². The Kier molecular flexibility index (Phi) is 2.94. The van der Waals surface area contributed by atoms with Crippen LogP contribution >= 0.6 is 12.2 Å². The average molecular weight is 253 g/mol. The Balaban J connectivity index is 2.44. The number of likely N-dealkylation sites (N-methyl/N-ethyl adjacent to an activating group) is 1. The minimum Gasteiger partial charge on any atom is -0.350 e. The van der Waals surface area contributed by atoms with Crippen molar-refractivity contribution in [3.05, 3.63) is 29.3 Å². The first-order chi connectivity index (χ1) is 8.04. The van der Waals surface area contributed by atoms with Crippen LogP contribution in [0.1, 0.15) is 5.56 Å². The van der Waals surface area contributed by atoms with Gasteiger partial charge in [0.15, 0.2) is 5.11 Å². The van der Waals surface area contributed by atoms with Gasteiger partial charge in [0, 0.05) is 26.2 Å². The van der Waals surface area contributed by atoms with Crippen molar-refractivity contribution in [3.63, 3.8) is 0 Å². The third-order valence-electron chi connectivity index (χ3n) is 2.66. The summed E-state index contributed by atoms with van der Waals surface area (Å²) in [5.74, 6) is -1.37. The van der Waals surface area contributed by atoms with Crippen LogP contribution in [-0.4, -0.2) is 30.1 Å². The van der Waals surface area contributed by atoms with Gasteiger partial charge < -0.3 is 9.80 Å². The molecule has 2 rings (SSSR count). The molecular formula is C11H9F2N3S. The van der Waals surface area contributed by atoms with E-state index in [1.807, 2.05) is 0 Å². The lowest BCUT2D eigenvalue weighted by Crippen LogP contribution is -2.29. The van der Waals surface area contributed by atoms with E-state index in [0.717, 1.165) is 12.1 Å². The Hall–Kier alpha value is -1.74. The molecule has 0 saturated carbocycles. The minimum atomic E-state index is -0.735. The molecular weight excluding hydrogens is 244 g/mol. The SMILES string of the molecule is CN1CCN(c2cc(F)c(C#N)cc2F)C1=S. The summed E-state index contributed by atoms with van der Waals surface area (Å²) in [6.45, 7) is 1.18. The van der Waals surface area contributed by atoms with E-state index < -0.39 is 11.6 Å². The van der Waals surface area contributed by atoms with E-state index in [0.29, 0.717) is 18.2 Å². The molecule has 1 aliphatic rings. The highest BCUT2D eigenvalue weighted by Crippen LogP contribution is 2.26. The molecule has 0 bridgehead atoms. The minimum absolute atomic E-state index is 0.0795. The molecule has 1 aromatic carbocycles. The zero-order valence-electron chi connectivity index (χ0n) is 9.07. The molecule has 0 atom stereocenters. The maximum Gasteiger partial charge on any atom is 0.176 e. The fourth-order valence-corrected chi connectivity index (χ4v) is 1.98. The van der Waals surface area contributed by atoms with Crippen LogP contribution in [0.4, 0.5) is 14.5 Å². The Morgan fingerprint density at radius 2 is 2.00 bits per heavy atom. The van der Waals surface area contributed by atoms with E-state index in [1.54, 1.807) is 18.0 Å². The number of anilines is 1. The molecule has 0 aromatic heterocycles. The standard InChI is InChI=1S/C11H9F2N3S/c1-15-2-3-16(11(15)17)10-5-8(12)7(6-14)4-9(10)13/h4-5H,2-3H2,1H3. The summed E-state index contributed by atoms with van der Waals surface area (Å²) in [5.41, 5.74) is -0.222. The molecule has 6 heteroatoms. The number of nitriles is 1. The first-order valence-corrected chi connectivity index (χ1v) is 5.37. The van der Waals surface area contributed by atoms with Crippen molar-refractivity contribution in [2.24, 2.45) is 0 Å². The molecule has 0 radical (unpaired) electrons. The van der Waals surface area contributed by atoms with E-state index in [-0.39, 0.29) is 11.3 Å². The van der Waals surface area contributed by atoms with E-state index in [4.69, 9.17) is 17.5 Å². The molecule has 0 aliphatic carbocycles. The molecule has 1 saturated heterocycles. The van der Waals surface area contributed by atoms with Crippen molar-refractivity contribution < 1.29 is 8.78 Å². The largest absolute Gasteiger partial charge is 0.350 e. The molecule has 1 heterocycles. The molecule has 88 valence electrons. The number of hydrogen-bond acceptors (Lipinski definition) is 2. The average Bonchev–Trinajstić information content (AvgIpc) is 2.63. The van der Waals surface area contributed by atoms with Crippen LogP contribution in [0.5, 0.6) is 0 Å². The predicted molar refractivity (Wildman–Crippen MR) is 63.6 cm³/mol. The molecule has 0 spiro atoms. The Morgan fingerprint density at radius 1 is 1.29 bits per heavy atom. The lowest BCUT2D eigenvalue weighted by Gasteiger charge is -2.19. The van der Waals surface area contributed by atoms with Crippen molar-refractivity contribution in [2.75, 3.05) is 25.0 Å². The first-order valence-electron chi connectivity index (χ1n) is 4.96. The van der Waals surface area contributed by atoms with Gasteiger partial charge in [0.05, 0.1) is 11.3 Å². The van der Waals surface area contributed by atoms with Gasteiger partial charge in [-0.3, -0.25) is 0 Å². The predicted octanol–water partition coefficient (Wildman–Crippen LogP) is 1.87. The second kappa shape index (κ2) is 4.26. The summed E-state index contributed by atoms with van der Waals surface area (Å²) < 4.78 is 27.2. The summed E-state index contributed by atoms with van der Waals surface area (Å²) in [5, 5.41) is 9.04. The van der Waals surface area contributed by atoms with E-state index in [2.05, 4.69) is 0 Å². The number of hydrogen-bond donors (Lipinski definition) is 0. The molecule has 0 unspecified atom stereocenters. The van der Waals surface area contributed by atoms with Crippen LogP contribution in [0, 0.1) is 23.0 Å². The summed E-state index contributed by atoms with van der Waals surface area (Å²) >= 11 is 5.11. The van der Waals surface area contributed by atoms with Crippen LogP contribution in [0.25, 0.3) is 0 Å². The summed E-state index contributed by atoms with van der Waals surface area (Å²) in [4.78, 5) is 3.31. The van der Waals surface area contributed by atoms with Gasteiger partial charge in [-0.05, 0) is 18.3 Å². The highest BCUT2D eigenvalue weighted by molar-refractivity contribution is 7.80. The summed E-state index contributed by atoms with van der Waals surface area (Å²) in [7, 11) is 1.79. The van der Waals surface area contributed by atoms with Crippen molar-refractivity contribution in [3.8, 4) is 6.07 Å². The molecule has 0 amide bonds. The van der Waals surface area contributed by atoms with Crippen molar-refractivity contribution in [2.45, 2.75) is 0 Å². The molecule has 1 aliphatic heterocycles. The summed E-state index contributed by atoms with van der Waals surface area (Å²) in [6, 6.07) is 3.50. The quantitative estimate of drug-likeness (QED) is 0.715. The maximum atomic E-state index is 13.7. The van der Waals surface area contributed by atoms with Gasteiger partial charge in [-0.25, -0.2) is 8.78 Å². The van der Waals surface area contributed by atoms with Gasteiger partial charge in [-0.2, -0.15) is 5.26 Å². The molecule has 17 heavy (non-hydrogen) atoms. The number of thiocarbonyl (C=S) groups is 1. The van der Waals surface area contributed by atoms with Crippen molar-refractivity contribution in [1.29, 1.82) is 5.26 Å². The van der Waals surface area contributed by atoms with Gasteiger partial charge >= 0.3 is 0 Å². The maximum absolute atomic E-state index is 13.7. The third kappa shape index (κ3) is 1.94. The number of benzene rings is 1. The first kappa shape index (κ1) is 11.7. The van der Waals surface area contributed by atoms with Crippen LogP contribution < -0.4 is 4.90 Å². The Bertz CT molecular complexity index is 524. The number of halogens is 2. The smallest absolute Gasteiger partial charge is 0.176 e. The van der Waals surface area contributed by atoms with Gasteiger partial charge in [0.1, 0.15) is 17.7 Å². The normalized spacial score (nSPS) is 15.3. The van der Waals surface area contributed by atoms with Crippen molar-refractivity contribution in [1.82, 2.24) is 4.90 Å². The molecule has 0 N–H and O–H groups in total. The zero-order valence-corrected chi connectivity index (χ0v) is 9.89. The molecule has 1 aromatic rings. The van der Waals surface area contributed by atoms with Crippen LogP contribution in [0.2, 0.25) is 0 Å². The van der Waals surface area contributed by atoms with Crippen LogP contribution in [-0.2, 0) is 0 Å². The van der Waals surface area contributed by atoms with Crippen molar-refractivity contribution >= 4 is 23.0 Å². The zero-order chi connectivity index (χ0) is 12.6. The lowest BCUT2D eigenvalue weighted by atomic mass is 10.2. The summed E-state index contributed by atoms with van der Waals surface area (Å²) in [6.07, 6.45) is 0. The fourth-order valence-electron chi connectivity index (χ4n) is 1.70. The van der Waals surface area contributed by atoms with Gasteiger partial charge in [-0.1, -0.05) is 0 Å². The van der Waals surface area contributed by atoms with Gasteiger partial charge in [0.25, 0.3) is 0 Å². The highest BCUT2D eigenvalue weighted by Gasteiger charge is 2.26. The third-order valence-corrected chi connectivity index (χ3v) is 3.20. The topological polar surface area (TPSA) is 30.3 Å². The van der Waals surface area contributed by atoms with Gasteiger partial charge in [0.2, 0.25) is 0 Å².